The second-order valence-corrected chi connectivity index (χ2v) is 7.41. The van der Waals surface area contributed by atoms with Crippen molar-refractivity contribution in [2.45, 2.75) is 0 Å². The minimum absolute atomic E-state index is 0.166. The number of nitrogens with one attached hydrogen (secondary N) is 1. The monoisotopic (exact) mass is 391 g/mol. The van der Waals surface area contributed by atoms with Crippen LogP contribution in [0.4, 0.5) is 11.4 Å². The van der Waals surface area contributed by atoms with E-state index < -0.39 is 0 Å². The largest absolute Gasteiger partial charge is 0.378 e. The Morgan fingerprint density at radius 1 is 1.08 bits per heavy atom. The van der Waals surface area contributed by atoms with E-state index in [1.807, 2.05) is 49.3 Å². The topological polar surface area (TPSA) is 44.7 Å². The van der Waals surface area contributed by atoms with Gasteiger partial charge in [-0.05, 0) is 53.7 Å². The minimum Gasteiger partial charge on any atom is -0.378 e. The molecule has 4 nitrogen and oxygen atoms in total. The maximum absolute atomic E-state index is 12.1. The van der Waals surface area contributed by atoms with Crippen LogP contribution in [0.15, 0.2) is 52.4 Å². The Morgan fingerprint density at radius 3 is 2.44 bits per heavy atom. The van der Waals surface area contributed by atoms with Crippen LogP contribution >= 0.6 is 35.0 Å². The number of halogens is 2. The van der Waals surface area contributed by atoms with Gasteiger partial charge in [-0.15, -0.1) is 0 Å². The molecule has 2 aromatic carbocycles. The summed E-state index contributed by atoms with van der Waals surface area (Å²) in [6, 6.07) is 13.0. The van der Waals surface area contributed by atoms with Gasteiger partial charge in [-0.3, -0.25) is 4.79 Å². The van der Waals surface area contributed by atoms with Gasteiger partial charge in [-0.25, -0.2) is 4.99 Å². The number of amidine groups is 1. The summed E-state index contributed by atoms with van der Waals surface area (Å²) < 4.78 is 0. The fourth-order valence-corrected chi connectivity index (χ4v) is 3.31. The second-order valence-electron chi connectivity index (χ2n) is 5.57. The summed E-state index contributed by atoms with van der Waals surface area (Å²) in [5.41, 5.74) is 2.69. The van der Waals surface area contributed by atoms with E-state index in [0.717, 1.165) is 11.3 Å². The third kappa shape index (κ3) is 4.37. The van der Waals surface area contributed by atoms with Gasteiger partial charge in [-0.1, -0.05) is 35.3 Å². The third-order valence-electron chi connectivity index (χ3n) is 3.49. The number of carbonyl (C=O) groups is 1. The van der Waals surface area contributed by atoms with Crippen molar-refractivity contribution in [2.24, 2.45) is 4.99 Å². The van der Waals surface area contributed by atoms with Gasteiger partial charge in [0, 0.05) is 19.8 Å². The number of amides is 1. The molecular weight excluding hydrogens is 377 g/mol. The van der Waals surface area contributed by atoms with Crippen molar-refractivity contribution in [3.05, 3.63) is 63.0 Å². The van der Waals surface area contributed by atoms with Crippen LogP contribution in [0.2, 0.25) is 10.0 Å². The Hall–Kier alpha value is -1.95. The molecule has 0 spiro atoms. The van der Waals surface area contributed by atoms with Crippen molar-refractivity contribution < 1.29 is 4.79 Å². The molecular formula is C18H15Cl2N3OS. The van der Waals surface area contributed by atoms with E-state index in [1.165, 1.54) is 11.8 Å². The van der Waals surface area contributed by atoms with Gasteiger partial charge in [0.05, 0.1) is 20.6 Å². The summed E-state index contributed by atoms with van der Waals surface area (Å²) in [5, 5.41) is 4.16. The maximum Gasteiger partial charge on any atom is 0.264 e. The van der Waals surface area contributed by atoms with Crippen molar-refractivity contribution in [3.63, 3.8) is 0 Å². The van der Waals surface area contributed by atoms with Crippen LogP contribution < -0.4 is 10.2 Å². The number of hydrogen-bond donors (Lipinski definition) is 1. The summed E-state index contributed by atoms with van der Waals surface area (Å²) in [6.07, 6.45) is 1.84. The van der Waals surface area contributed by atoms with E-state index in [9.17, 15) is 4.79 Å². The van der Waals surface area contributed by atoms with Gasteiger partial charge >= 0.3 is 0 Å². The Bertz CT molecular complexity index is 876. The molecule has 1 amide bonds. The summed E-state index contributed by atoms with van der Waals surface area (Å²) in [5.74, 6) is -0.166. The molecule has 0 radical (unpaired) electrons. The Labute approximate surface area is 160 Å². The molecule has 128 valence electrons. The average Bonchev–Trinajstić information content (AvgIpc) is 2.91. The number of nitrogens with zero attached hydrogens (tertiary/aromatic N) is 2. The molecule has 0 aliphatic carbocycles. The first-order valence-corrected chi connectivity index (χ1v) is 9.01. The van der Waals surface area contributed by atoms with E-state index in [2.05, 4.69) is 10.3 Å². The molecule has 0 saturated carbocycles. The smallest absolute Gasteiger partial charge is 0.264 e. The molecule has 1 fully saturated rings. The lowest BCUT2D eigenvalue weighted by Crippen LogP contribution is -2.19. The molecule has 7 heteroatoms. The van der Waals surface area contributed by atoms with Crippen LogP contribution in [0, 0.1) is 0 Å². The first kappa shape index (κ1) is 17.9. The third-order valence-corrected chi connectivity index (χ3v) is 5.14. The number of rotatable bonds is 3. The van der Waals surface area contributed by atoms with Crippen molar-refractivity contribution in [1.82, 2.24) is 5.32 Å². The number of thioether (sulfide) groups is 1. The highest BCUT2D eigenvalue weighted by atomic mass is 35.5. The number of aliphatic imine (C=N–C) groups is 1. The highest BCUT2D eigenvalue weighted by molar-refractivity contribution is 8.18. The predicted octanol–water partition coefficient (Wildman–Crippen LogP) is 4.95. The second kappa shape index (κ2) is 7.52. The fourth-order valence-electron chi connectivity index (χ4n) is 2.17. The molecule has 1 heterocycles. The van der Waals surface area contributed by atoms with E-state index in [-0.39, 0.29) is 5.91 Å². The van der Waals surface area contributed by atoms with E-state index in [1.54, 1.807) is 18.2 Å². The normalized spacial score (nSPS) is 17.2. The molecule has 2 aromatic rings. The average molecular weight is 392 g/mol. The first-order chi connectivity index (χ1) is 11.9. The fraction of sp³-hybridized carbons (Fsp3) is 0.111. The van der Waals surface area contributed by atoms with E-state index in [4.69, 9.17) is 23.2 Å². The molecule has 1 aliphatic heterocycles. The number of anilines is 1. The van der Waals surface area contributed by atoms with Crippen LogP contribution in [0.1, 0.15) is 5.56 Å². The summed E-state index contributed by atoms with van der Waals surface area (Å²) in [6.45, 7) is 0. The summed E-state index contributed by atoms with van der Waals surface area (Å²) in [4.78, 5) is 19.2. The molecule has 0 atom stereocenters. The first-order valence-electron chi connectivity index (χ1n) is 7.44. The molecule has 1 saturated heterocycles. The Kier molecular flexibility index (Phi) is 5.37. The quantitative estimate of drug-likeness (QED) is 0.752. The van der Waals surface area contributed by atoms with Crippen molar-refractivity contribution in [1.29, 1.82) is 0 Å². The van der Waals surface area contributed by atoms with E-state index in [0.29, 0.717) is 25.8 Å². The Morgan fingerprint density at radius 2 is 1.80 bits per heavy atom. The van der Waals surface area contributed by atoms with Gasteiger partial charge < -0.3 is 10.2 Å². The standard InChI is InChI=1S/C18H15Cl2N3OS/c1-23(2)13-6-3-11(4-7-13)9-16-17(24)22-18(25-16)21-12-5-8-14(19)15(20)10-12/h3-10H,1-2H3,(H,21,22,24). The molecule has 3 rings (SSSR count). The van der Waals surface area contributed by atoms with Gasteiger partial charge in [0.1, 0.15) is 0 Å². The molecule has 25 heavy (non-hydrogen) atoms. The molecule has 0 bridgehead atoms. The van der Waals surface area contributed by atoms with Crippen molar-refractivity contribution in [2.75, 3.05) is 19.0 Å². The number of hydrogen-bond acceptors (Lipinski definition) is 4. The van der Waals surface area contributed by atoms with Gasteiger partial charge in [-0.2, -0.15) is 0 Å². The zero-order valence-corrected chi connectivity index (χ0v) is 15.9. The highest BCUT2D eigenvalue weighted by Crippen LogP contribution is 2.31. The molecule has 1 aliphatic rings. The predicted molar refractivity (Wildman–Crippen MR) is 108 cm³/mol. The van der Waals surface area contributed by atoms with Gasteiger partial charge in [0.15, 0.2) is 5.17 Å². The zero-order valence-electron chi connectivity index (χ0n) is 13.6. The summed E-state index contributed by atoms with van der Waals surface area (Å²) in [7, 11) is 3.97. The number of carbonyl (C=O) groups excluding carboxylic acids is 1. The van der Waals surface area contributed by atoms with E-state index >= 15 is 0 Å². The van der Waals surface area contributed by atoms with Crippen LogP contribution in [0.3, 0.4) is 0 Å². The summed E-state index contributed by atoms with van der Waals surface area (Å²) >= 11 is 13.2. The Balaban J connectivity index is 1.79. The SMILES string of the molecule is CN(C)c1ccc(C=C2SC(=Nc3ccc(Cl)c(Cl)c3)NC2=O)cc1. The lowest BCUT2D eigenvalue weighted by molar-refractivity contribution is -0.115. The van der Waals surface area contributed by atoms with Gasteiger partial charge in [0.25, 0.3) is 5.91 Å². The minimum atomic E-state index is -0.166. The number of benzene rings is 2. The van der Waals surface area contributed by atoms with Crippen molar-refractivity contribution >= 4 is 63.5 Å². The maximum atomic E-state index is 12.1. The van der Waals surface area contributed by atoms with Crippen LogP contribution in [-0.4, -0.2) is 25.2 Å². The van der Waals surface area contributed by atoms with Gasteiger partial charge in [0.2, 0.25) is 0 Å². The van der Waals surface area contributed by atoms with Crippen LogP contribution in [0.5, 0.6) is 0 Å². The van der Waals surface area contributed by atoms with Crippen LogP contribution in [-0.2, 0) is 4.79 Å². The lowest BCUT2D eigenvalue weighted by Gasteiger charge is -2.11. The zero-order chi connectivity index (χ0) is 18.0. The van der Waals surface area contributed by atoms with Crippen LogP contribution in [0.25, 0.3) is 6.08 Å². The molecule has 0 unspecified atom stereocenters. The molecule has 1 N–H and O–H groups in total. The highest BCUT2D eigenvalue weighted by Gasteiger charge is 2.23. The van der Waals surface area contributed by atoms with Crippen molar-refractivity contribution in [3.8, 4) is 0 Å². The lowest BCUT2D eigenvalue weighted by atomic mass is 10.2. The molecule has 0 aromatic heterocycles.